The van der Waals surface area contributed by atoms with Gasteiger partial charge in [0.1, 0.15) is 11.6 Å². The minimum atomic E-state index is -0.688. The molecular formula is C20H31F2NO. The van der Waals surface area contributed by atoms with Crippen LogP contribution in [0.4, 0.5) is 14.5 Å². The van der Waals surface area contributed by atoms with Crippen LogP contribution in [-0.2, 0) is 4.79 Å². The Kier molecular flexibility index (Phi) is 7.37. The normalized spacial score (nSPS) is 13.2. The average molecular weight is 339 g/mol. The molecule has 0 saturated heterocycles. The number of benzene rings is 1. The van der Waals surface area contributed by atoms with Crippen molar-refractivity contribution in [1.29, 1.82) is 0 Å². The number of halogens is 2. The topological polar surface area (TPSA) is 20.3 Å². The van der Waals surface area contributed by atoms with Crippen molar-refractivity contribution in [3.63, 3.8) is 0 Å². The van der Waals surface area contributed by atoms with Crippen molar-refractivity contribution in [2.45, 2.75) is 60.8 Å². The van der Waals surface area contributed by atoms with Crippen molar-refractivity contribution < 1.29 is 13.6 Å². The summed E-state index contributed by atoms with van der Waals surface area (Å²) in [5, 5.41) is 0. The molecule has 0 aliphatic carbocycles. The first-order valence-electron chi connectivity index (χ1n) is 8.85. The van der Waals surface area contributed by atoms with E-state index in [4.69, 9.17) is 0 Å². The van der Waals surface area contributed by atoms with Crippen molar-refractivity contribution in [3.05, 3.63) is 29.8 Å². The largest absolute Gasteiger partial charge is 0.309 e. The van der Waals surface area contributed by atoms with E-state index in [1.807, 2.05) is 20.8 Å². The Morgan fingerprint density at radius 3 is 2.33 bits per heavy atom. The predicted octanol–water partition coefficient (Wildman–Crippen LogP) is 5.81. The number of nitrogens with zero attached hydrogens (tertiary/aromatic N) is 1. The molecule has 24 heavy (non-hydrogen) atoms. The second-order valence-electron chi connectivity index (χ2n) is 7.88. The van der Waals surface area contributed by atoms with Gasteiger partial charge in [0.2, 0.25) is 5.91 Å². The zero-order valence-corrected chi connectivity index (χ0v) is 15.8. The summed E-state index contributed by atoms with van der Waals surface area (Å²) in [5.41, 5.74) is -0.408. The lowest BCUT2D eigenvalue weighted by atomic mass is 9.85. The zero-order chi connectivity index (χ0) is 18.5. The van der Waals surface area contributed by atoms with Gasteiger partial charge in [-0.1, -0.05) is 48.0 Å². The van der Waals surface area contributed by atoms with Crippen LogP contribution in [-0.4, -0.2) is 12.5 Å². The van der Waals surface area contributed by atoms with Crippen LogP contribution in [0.3, 0.4) is 0 Å². The summed E-state index contributed by atoms with van der Waals surface area (Å²) >= 11 is 0. The fourth-order valence-electron chi connectivity index (χ4n) is 3.28. The first-order chi connectivity index (χ1) is 11.1. The van der Waals surface area contributed by atoms with E-state index in [1.165, 1.54) is 17.0 Å². The highest BCUT2D eigenvalue weighted by Gasteiger charge is 2.33. The van der Waals surface area contributed by atoms with Crippen LogP contribution < -0.4 is 4.90 Å². The van der Waals surface area contributed by atoms with Crippen LogP contribution in [0.1, 0.15) is 60.8 Å². The van der Waals surface area contributed by atoms with E-state index in [1.54, 1.807) is 0 Å². The summed E-state index contributed by atoms with van der Waals surface area (Å²) in [6, 6.07) is 3.42. The molecule has 1 aromatic carbocycles. The van der Waals surface area contributed by atoms with Gasteiger partial charge in [-0.3, -0.25) is 4.79 Å². The van der Waals surface area contributed by atoms with E-state index in [0.29, 0.717) is 12.5 Å². The van der Waals surface area contributed by atoms with Crippen molar-refractivity contribution >= 4 is 11.6 Å². The maximum atomic E-state index is 14.3. The molecule has 0 fully saturated rings. The Hall–Kier alpha value is -1.45. The van der Waals surface area contributed by atoms with Crippen molar-refractivity contribution in [2.75, 3.05) is 11.4 Å². The number of anilines is 1. The summed E-state index contributed by atoms with van der Waals surface area (Å²) in [6.45, 7) is 12.6. The van der Waals surface area contributed by atoms with Crippen LogP contribution in [0.25, 0.3) is 0 Å². The highest BCUT2D eigenvalue weighted by molar-refractivity contribution is 5.97. The molecule has 0 saturated carbocycles. The number of carbonyl (C=O) groups is 1. The number of rotatable bonds is 8. The van der Waals surface area contributed by atoms with E-state index >= 15 is 0 Å². The van der Waals surface area contributed by atoms with Gasteiger partial charge >= 0.3 is 0 Å². The zero-order valence-electron chi connectivity index (χ0n) is 15.8. The Morgan fingerprint density at radius 2 is 1.83 bits per heavy atom. The van der Waals surface area contributed by atoms with Gasteiger partial charge < -0.3 is 4.90 Å². The number of amides is 1. The molecule has 0 N–H and O–H groups in total. The second-order valence-corrected chi connectivity index (χ2v) is 7.88. The minimum Gasteiger partial charge on any atom is -0.309 e. The summed E-state index contributed by atoms with van der Waals surface area (Å²) in [5.74, 6) is -0.695. The Balaban J connectivity index is 3.18. The van der Waals surface area contributed by atoms with Gasteiger partial charge in [0.15, 0.2) is 0 Å². The van der Waals surface area contributed by atoms with E-state index in [9.17, 15) is 13.6 Å². The molecule has 0 bridgehead atoms. The summed E-state index contributed by atoms with van der Waals surface area (Å²) in [7, 11) is 0. The molecule has 136 valence electrons. The van der Waals surface area contributed by atoms with Gasteiger partial charge in [0, 0.05) is 18.0 Å². The first-order valence-corrected chi connectivity index (χ1v) is 8.85. The fourth-order valence-corrected chi connectivity index (χ4v) is 3.28. The predicted molar refractivity (Wildman–Crippen MR) is 96.0 cm³/mol. The molecule has 2 nitrogen and oxygen atoms in total. The van der Waals surface area contributed by atoms with E-state index in [-0.39, 0.29) is 17.5 Å². The van der Waals surface area contributed by atoms with Gasteiger partial charge in [0.05, 0.1) is 5.69 Å². The SMILES string of the molecule is CCCC(C)(C)C(=O)N(CC(C)CC(C)C)c1ccc(F)cc1F. The maximum absolute atomic E-state index is 14.3. The van der Waals surface area contributed by atoms with Gasteiger partial charge in [-0.15, -0.1) is 0 Å². The standard InChI is InChI=1S/C20H31F2NO/c1-7-10-20(5,6)19(24)23(13-15(4)11-14(2)3)18-9-8-16(21)12-17(18)22/h8-9,12,14-15H,7,10-11,13H2,1-6H3. The summed E-state index contributed by atoms with van der Waals surface area (Å²) in [6.07, 6.45) is 2.55. The molecule has 0 spiro atoms. The van der Waals surface area contributed by atoms with Gasteiger partial charge in [-0.05, 0) is 36.8 Å². The van der Waals surface area contributed by atoms with Gasteiger partial charge in [0.25, 0.3) is 0 Å². The van der Waals surface area contributed by atoms with Crippen LogP contribution in [0, 0.1) is 28.9 Å². The second kappa shape index (κ2) is 8.59. The molecule has 1 atom stereocenters. The fraction of sp³-hybridized carbons (Fsp3) is 0.650. The van der Waals surface area contributed by atoms with E-state index in [0.717, 1.165) is 25.3 Å². The lowest BCUT2D eigenvalue weighted by molar-refractivity contribution is -0.127. The van der Waals surface area contributed by atoms with Crippen LogP contribution in [0.5, 0.6) is 0 Å². The van der Waals surface area contributed by atoms with E-state index in [2.05, 4.69) is 20.8 Å². The van der Waals surface area contributed by atoms with Crippen molar-refractivity contribution in [1.82, 2.24) is 0 Å². The third-order valence-electron chi connectivity index (χ3n) is 4.27. The van der Waals surface area contributed by atoms with Crippen molar-refractivity contribution in [2.24, 2.45) is 17.3 Å². The summed E-state index contributed by atoms with van der Waals surface area (Å²) < 4.78 is 27.6. The van der Waals surface area contributed by atoms with Crippen LogP contribution >= 0.6 is 0 Å². The number of hydrogen-bond acceptors (Lipinski definition) is 1. The van der Waals surface area contributed by atoms with Gasteiger partial charge in [-0.25, -0.2) is 8.78 Å². The summed E-state index contributed by atoms with van der Waals surface area (Å²) in [4.78, 5) is 14.6. The third kappa shape index (κ3) is 5.57. The highest BCUT2D eigenvalue weighted by Crippen LogP contribution is 2.31. The number of hydrogen-bond donors (Lipinski definition) is 0. The highest BCUT2D eigenvalue weighted by atomic mass is 19.1. The number of carbonyl (C=O) groups excluding carboxylic acids is 1. The molecule has 1 unspecified atom stereocenters. The van der Waals surface area contributed by atoms with Crippen molar-refractivity contribution in [3.8, 4) is 0 Å². The minimum absolute atomic E-state index is 0.106. The molecule has 0 heterocycles. The first kappa shape index (κ1) is 20.6. The monoisotopic (exact) mass is 339 g/mol. The smallest absolute Gasteiger partial charge is 0.232 e. The molecule has 0 aliphatic rings. The molecule has 4 heteroatoms. The van der Waals surface area contributed by atoms with E-state index < -0.39 is 17.0 Å². The molecule has 0 aromatic heterocycles. The maximum Gasteiger partial charge on any atom is 0.232 e. The molecule has 0 aliphatic heterocycles. The lowest BCUT2D eigenvalue weighted by Gasteiger charge is -2.34. The Bertz CT molecular complexity index is 555. The lowest BCUT2D eigenvalue weighted by Crippen LogP contribution is -2.44. The Morgan fingerprint density at radius 1 is 1.21 bits per heavy atom. The quantitative estimate of drug-likeness (QED) is 0.585. The third-order valence-corrected chi connectivity index (χ3v) is 4.27. The molecular weight excluding hydrogens is 308 g/mol. The Labute approximate surface area is 145 Å². The average Bonchev–Trinajstić information content (AvgIpc) is 2.43. The van der Waals surface area contributed by atoms with Gasteiger partial charge in [-0.2, -0.15) is 0 Å². The molecule has 1 rings (SSSR count). The van der Waals surface area contributed by atoms with Crippen LogP contribution in [0.2, 0.25) is 0 Å². The van der Waals surface area contributed by atoms with Crippen LogP contribution in [0.15, 0.2) is 18.2 Å². The molecule has 1 amide bonds. The molecule has 0 radical (unpaired) electrons. The molecule has 1 aromatic rings.